The van der Waals surface area contributed by atoms with E-state index >= 15 is 0 Å². The lowest BCUT2D eigenvalue weighted by molar-refractivity contribution is 0.981. The topological polar surface area (TPSA) is 6.48 Å². The van der Waals surface area contributed by atoms with Gasteiger partial charge in [-0.15, -0.1) is 0 Å². The standard InChI is InChI=1S/C45H34N2/c1-3-13-34(14-4-1)33-46(44-23-11-17-37-15-7-9-21-42(37)44)39-29-25-35(26-30-39)36-27-31-41(32-28-36)47(40-19-5-2-6-20-40)45-24-12-18-38-16-8-10-22-43(38)45/h1-32H,33H2. The monoisotopic (exact) mass is 602 g/mol. The van der Waals surface area contributed by atoms with Crippen molar-refractivity contribution in [2.75, 3.05) is 9.80 Å². The molecule has 0 bridgehead atoms. The fraction of sp³-hybridized carbons (Fsp3) is 0.0222. The van der Waals surface area contributed by atoms with Crippen molar-refractivity contribution in [3.05, 3.63) is 200 Å². The SMILES string of the molecule is c1ccc(CN(c2ccc(-c3ccc(N(c4ccccc4)c4cccc5ccccc45)cc3)cc2)c2cccc3ccccc23)cc1. The van der Waals surface area contributed by atoms with Crippen molar-refractivity contribution in [2.24, 2.45) is 0 Å². The van der Waals surface area contributed by atoms with Gasteiger partial charge in [0.25, 0.3) is 0 Å². The zero-order valence-corrected chi connectivity index (χ0v) is 26.1. The maximum absolute atomic E-state index is 2.42. The van der Waals surface area contributed by atoms with E-state index in [0.29, 0.717) is 0 Å². The van der Waals surface area contributed by atoms with E-state index in [-0.39, 0.29) is 0 Å². The Bertz CT molecular complexity index is 2250. The second-order valence-corrected chi connectivity index (χ2v) is 11.8. The van der Waals surface area contributed by atoms with Gasteiger partial charge in [-0.05, 0) is 76.0 Å². The lowest BCUT2D eigenvalue weighted by Crippen LogP contribution is -2.16. The Hall–Kier alpha value is -6.12. The minimum atomic E-state index is 0.784. The quantitative estimate of drug-likeness (QED) is 0.171. The van der Waals surface area contributed by atoms with Gasteiger partial charge in [0, 0.05) is 40.1 Å². The lowest BCUT2D eigenvalue weighted by atomic mass is 10.0. The number of anilines is 5. The van der Waals surface area contributed by atoms with Gasteiger partial charge in [0.2, 0.25) is 0 Å². The van der Waals surface area contributed by atoms with Gasteiger partial charge in [0.15, 0.2) is 0 Å². The van der Waals surface area contributed by atoms with Gasteiger partial charge >= 0.3 is 0 Å². The number of hydrogen-bond acceptors (Lipinski definition) is 2. The molecule has 0 amide bonds. The second kappa shape index (κ2) is 12.7. The van der Waals surface area contributed by atoms with E-state index < -0.39 is 0 Å². The molecule has 0 radical (unpaired) electrons. The average Bonchev–Trinajstić information content (AvgIpc) is 3.15. The molecule has 8 rings (SSSR count). The molecule has 0 N–H and O–H groups in total. The van der Waals surface area contributed by atoms with E-state index in [2.05, 4.69) is 204 Å². The predicted octanol–water partition coefficient (Wildman–Crippen LogP) is 12.5. The zero-order chi connectivity index (χ0) is 31.4. The number of hydrogen-bond donors (Lipinski definition) is 0. The number of para-hydroxylation sites is 1. The maximum Gasteiger partial charge on any atom is 0.0540 e. The molecule has 2 nitrogen and oxygen atoms in total. The summed E-state index contributed by atoms with van der Waals surface area (Å²) in [6.07, 6.45) is 0. The minimum absolute atomic E-state index is 0.784. The first-order valence-corrected chi connectivity index (χ1v) is 16.1. The smallest absolute Gasteiger partial charge is 0.0540 e. The molecule has 0 saturated carbocycles. The Labute approximate surface area is 276 Å². The third kappa shape index (κ3) is 5.74. The van der Waals surface area contributed by atoms with Crippen molar-refractivity contribution in [3.63, 3.8) is 0 Å². The van der Waals surface area contributed by atoms with E-state index in [1.807, 2.05) is 0 Å². The van der Waals surface area contributed by atoms with Gasteiger partial charge in [0.05, 0.1) is 5.69 Å². The van der Waals surface area contributed by atoms with E-state index in [1.54, 1.807) is 0 Å². The third-order valence-corrected chi connectivity index (χ3v) is 8.90. The highest BCUT2D eigenvalue weighted by molar-refractivity contribution is 5.99. The van der Waals surface area contributed by atoms with E-state index in [1.165, 1.54) is 49.6 Å². The van der Waals surface area contributed by atoms with Crippen LogP contribution in [0.25, 0.3) is 32.7 Å². The second-order valence-electron chi connectivity index (χ2n) is 11.8. The predicted molar refractivity (Wildman–Crippen MR) is 200 cm³/mol. The highest BCUT2D eigenvalue weighted by Crippen LogP contribution is 2.40. The van der Waals surface area contributed by atoms with Crippen LogP contribution in [0.2, 0.25) is 0 Å². The molecular formula is C45H34N2. The molecule has 0 fully saturated rings. The Morgan fingerprint density at radius 2 is 0.766 bits per heavy atom. The first-order valence-electron chi connectivity index (χ1n) is 16.1. The highest BCUT2D eigenvalue weighted by atomic mass is 15.1. The Balaban J connectivity index is 1.14. The van der Waals surface area contributed by atoms with Crippen molar-refractivity contribution in [2.45, 2.75) is 6.54 Å². The summed E-state index contributed by atoms with van der Waals surface area (Å²) < 4.78 is 0. The average molecular weight is 603 g/mol. The van der Waals surface area contributed by atoms with Crippen molar-refractivity contribution >= 4 is 50.0 Å². The number of nitrogens with zero attached hydrogens (tertiary/aromatic N) is 2. The molecule has 2 heteroatoms. The fourth-order valence-electron chi connectivity index (χ4n) is 6.57. The maximum atomic E-state index is 2.42. The van der Waals surface area contributed by atoms with Gasteiger partial charge in [-0.3, -0.25) is 0 Å². The van der Waals surface area contributed by atoms with E-state index in [0.717, 1.165) is 23.6 Å². The molecule has 0 aliphatic carbocycles. The van der Waals surface area contributed by atoms with Gasteiger partial charge in [-0.1, -0.05) is 146 Å². The summed E-state index contributed by atoms with van der Waals surface area (Å²) in [6, 6.07) is 69.6. The normalized spacial score (nSPS) is 11.1. The van der Waals surface area contributed by atoms with Gasteiger partial charge in [-0.2, -0.15) is 0 Å². The van der Waals surface area contributed by atoms with Gasteiger partial charge < -0.3 is 9.80 Å². The number of benzene rings is 8. The van der Waals surface area contributed by atoms with Gasteiger partial charge in [0.1, 0.15) is 0 Å². The number of fused-ring (bicyclic) bond motifs is 2. The molecule has 8 aromatic carbocycles. The molecule has 47 heavy (non-hydrogen) atoms. The minimum Gasteiger partial charge on any atom is -0.336 e. The van der Waals surface area contributed by atoms with Crippen molar-refractivity contribution in [3.8, 4) is 11.1 Å². The lowest BCUT2D eigenvalue weighted by Gasteiger charge is -2.27. The molecule has 0 unspecified atom stereocenters. The van der Waals surface area contributed by atoms with Crippen LogP contribution >= 0.6 is 0 Å². The summed E-state index contributed by atoms with van der Waals surface area (Å²) in [7, 11) is 0. The molecule has 8 aromatic rings. The zero-order valence-electron chi connectivity index (χ0n) is 26.1. The van der Waals surface area contributed by atoms with Crippen LogP contribution in [0.1, 0.15) is 5.56 Å². The Kier molecular flexibility index (Phi) is 7.67. The van der Waals surface area contributed by atoms with Crippen LogP contribution in [0.5, 0.6) is 0 Å². The molecule has 224 valence electrons. The van der Waals surface area contributed by atoms with Crippen LogP contribution in [-0.4, -0.2) is 0 Å². The van der Waals surface area contributed by atoms with Crippen molar-refractivity contribution in [1.29, 1.82) is 0 Å². The van der Waals surface area contributed by atoms with Crippen LogP contribution in [-0.2, 0) is 6.54 Å². The van der Waals surface area contributed by atoms with Crippen molar-refractivity contribution < 1.29 is 0 Å². The third-order valence-electron chi connectivity index (χ3n) is 8.90. The highest BCUT2D eigenvalue weighted by Gasteiger charge is 2.16. The summed E-state index contributed by atoms with van der Waals surface area (Å²) >= 11 is 0. The van der Waals surface area contributed by atoms with E-state index in [4.69, 9.17) is 0 Å². The molecule has 0 aliphatic heterocycles. The van der Waals surface area contributed by atoms with Crippen LogP contribution in [0.4, 0.5) is 28.4 Å². The molecule has 0 spiro atoms. The summed E-state index contributed by atoms with van der Waals surface area (Å²) in [5.74, 6) is 0. The Morgan fingerprint density at radius 3 is 1.38 bits per heavy atom. The molecule has 0 atom stereocenters. The van der Waals surface area contributed by atoms with E-state index in [9.17, 15) is 0 Å². The van der Waals surface area contributed by atoms with Gasteiger partial charge in [-0.25, -0.2) is 0 Å². The largest absolute Gasteiger partial charge is 0.336 e. The summed E-state index contributed by atoms with van der Waals surface area (Å²) in [6.45, 7) is 0.784. The first kappa shape index (κ1) is 28.4. The Morgan fingerprint density at radius 1 is 0.319 bits per heavy atom. The summed E-state index contributed by atoms with van der Waals surface area (Å²) in [5.41, 5.74) is 9.44. The fourth-order valence-corrected chi connectivity index (χ4v) is 6.57. The number of rotatable bonds is 8. The van der Waals surface area contributed by atoms with Crippen LogP contribution in [0.15, 0.2) is 194 Å². The molecular weight excluding hydrogens is 569 g/mol. The molecule has 0 aliphatic rings. The van der Waals surface area contributed by atoms with Crippen LogP contribution in [0, 0.1) is 0 Å². The van der Waals surface area contributed by atoms with Crippen LogP contribution in [0.3, 0.4) is 0 Å². The summed E-state index contributed by atoms with van der Waals surface area (Å²) in [4.78, 5) is 4.77. The summed E-state index contributed by atoms with van der Waals surface area (Å²) in [5, 5.41) is 4.95. The molecule has 0 heterocycles. The van der Waals surface area contributed by atoms with Crippen LogP contribution < -0.4 is 9.80 Å². The van der Waals surface area contributed by atoms with Crippen molar-refractivity contribution in [1.82, 2.24) is 0 Å². The molecule has 0 saturated heterocycles. The first-order chi connectivity index (χ1) is 23.3. The molecule has 0 aromatic heterocycles.